The highest BCUT2D eigenvalue weighted by Gasteiger charge is 2.22. The van der Waals surface area contributed by atoms with Crippen LogP contribution in [0.15, 0.2) is 24.3 Å². The summed E-state index contributed by atoms with van der Waals surface area (Å²) in [6.07, 6.45) is 0. The molecule has 0 fully saturated rings. The molecule has 0 spiro atoms. The molecule has 0 saturated carbocycles. The molecule has 0 saturated heterocycles. The average Bonchev–Trinajstić information content (AvgIpc) is 2.53. The number of anilines is 1. The van der Waals surface area contributed by atoms with Crippen molar-refractivity contribution in [3.05, 3.63) is 47.2 Å². The molecular formula is C17H17F2N3O3. The van der Waals surface area contributed by atoms with Crippen LogP contribution in [0.3, 0.4) is 0 Å². The number of hydrogen-bond acceptors (Lipinski definition) is 4. The number of carbonyl (C=O) groups excluding carboxylic acids is 1. The van der Waals surface area contributed by atoms with E-state index in [1.165, 1.54) is 12.1 Å². The second-order valence-corrected chi connectivity index (χ2v) is 5.83. The number of nitrogens with one attached hydrogen (secondary N) is 1. The Morgan fingerprint density at radius 1 is 1.24 bits per heavy atom. The Bertz CT molecular complexity index is 838. The molecule has 8 heteroatoms. The molecule has 4 N–H and O–H groups in total. The molecule has 0 atom stereocenters. The van der Waals surface area contributed by atoms with Crippen molar-refractivity contribution in [1.82, 2.24) is 10.3 Å². The van der Waals surface area contributed by atoms with Gasteiger partial charge in [0.15, 0.2) is 5.69 Å². The van der Waals surface area contributed by atoms with Gasteiger partial charge in [0, 0.05) is 6.54 Å². The van der Waals surface area contributed by atoms with Crippen LogP contribution in [-0.2, 0) is 0 Å². The van der Waals surface area contributed by atoms with Crippen LogP contribution in [-0.4, -0.2) is 28.5 Å². The summed E-state index contributed by atoms with van der Waals surface area (Å²) in [6, 6.07) is 4.34. The number of carboxylic acids is 1. The van der Waals surface area contributed by atoms with Gasteiger partial charge in [-0.05, 0) is 30.2 Å². The Balaban J connectivity index is 2.52. The van der Waals surface area contributed by atoms with Crippen molar-refractivity contribution in [3.8, 4) is 11.3 Å². The summed E-state index contributed by atoms with van der Waals surface area (Å²) in [5.74, 6) is -4.04. The Morgan fingerprint density at radius 2 is 1.92 bits per heavy atom. The van der Waals surface area contributed by atoms with Gasteiger partial charge >= 0.3 is 5.97 Å². The first-order chi connectivity index (χ1) is 11.7. The number of nitrogen functional groups attached to an aromatic ring is 1. The van der Waals surface area contributed by atoms with E-state index in [1.807, 2.05) is 13.8 Å². The first-order valence-electron chi connectivity index (χ1n) is 7.48. The fourth-order valence-corrected chi connectivity index (χ4v) is 2.14. The van der Waals surface area contributed by atoms with Gasteiger partial charge in [-0.3, -0.25) is 4.79 Å². The number of amides is 1. The average molecular weight is 349 g/mol. The molecule has 0 bridgehead atoms. The third kappa shape index (κ3) is 3.90. The zero-order valence-electron chi connectivity index (χ0n) is 13.6. The Kier molecular flexibility index (Phi) is 5.31. The van der Waals surface area contributed by atoms with Crippen molar-refractivity contribution >= 4 is 17.6 Å². The van der Waals surface area contributed by atoms with Crippen LogP contribution in [0.5, 0.6) is 0 Å². The molecule has 0 aliphatic carbocycles. The third-order valence-electron chi connectivity index (χ3n) is 3.39. The molecule has 1 aromatic heterocycles. The Hall–Kier alpha value is -3.03. The van der Waals surface area contributed by atoms with E-state index in [4.69, 9.17) is 10.8 Å². The largest absolute Gasteiger partial charge is 0.476 e. The van der Waals surface area contributed by atoms with Crippen LogP contribution in [0, 0.1) is 17.6 Å². The SMILES string of the molecule is CC(C)CNC(=O)c1ccc(F)c(-c2ccc(N)c(C(=O)O)n2)c1F. The van der Waals surface area contributed by atoms with Crippen LogP contribution in [0.1, 0.15) is 34.7 Å². The third-order valence-corrected chi connectivity index (χ3v) is 3.39. The topological polar surface area (TPSA) is 105 Å². The quantitative estimate of drug-likeness (QED) is 0.770. The van der Waals surface area contributed by atoms with E-state index in [9.17, 15) is 18.4 Å². The maximum Gasteiger partial charge on any atom is 0.356 e. The second-order valence-electron chi connectivity index (χ2n) is 5.83. The molecule has 2 aromatic rings. The van der Waals surface area contributed by atoms with E-state index in [1.54, 1.807) is 0 Å². The van der Waals surface area contributed by atoms with Gasteiger partial charge in [0.1, 0.15) is 11.6 Å². The van der Waals surface area contributed by atoms with Gasteiger partial charge in [0.2, 0.25) is 0 Å². The van der Waals surface area contributed by atoms with Crippen LogP contribution in [0.2, 0.25) is 0 Å². The smallest absolute Gasteiger partial charge is 0.356 e. The Labute approximate surface area is 142 Å². The van der Waals surface area contributed by atoms with Gasteiger partial charge in [0.05, 0.1) is 22.5 Å². The van der Waals surface area contributed by atoms with Crippen molar-refractivity contribution in [2.45, 2.75) is 13.8 Å². The van der Waals surface area contributed by atoms with Gasteiger partial charge < -0.3 is 16.2 Å². The lowest BCUT2D eigenvalue weighted by Crippen LogP contribution is -2.28. The van der Waals surface area contributed by atoms with Crippen molar-refractivity contribution in [2.75, 3.05) is 12.3 Å². The molecule has 25 heavy (non-hydrogen) atoms. The molecule has 0 aliphatic heterocycles. The number of carbonyl (C=O) groups is 2. The summed E-state index contributed by atoms with van der Waals surface area (Å²) >= 11 is 0. The van der Waals surface area contributed by atoms with E-state index >= 15 is 0 Å². The highest BCUT2D eigenvalue weighted by Crippen LogP contribution is 2.28. The minimum absolute atomic E-state index is 0.136. The lowest BCUT2D eigenvalue weighted by molar-refractivity contribution is 0.0691. The fourth-order valence-electron chi connectivity index (χ4n) is 2.14. The second kappa shape index (κ2) is 7.25. The molecule has 0 unspecified atom stereocenters. The molecule has 6 nitrogen and oxygen atoms in total. The molecular weight excluding hydrogens is 332 g/mol. The van der Waals surface area contributed by atoms with Crippen LogP contribution >= 0.6 is 0 Å². The molecule has 132 valence electrons. The minimum Gasteiger partial charge on any atom is -0.476 e. The number of nitrogens with two attached hydrogens (primary N) is 1. The van der Waals surface area contributed by atoms with Gasteiger partial charge in [0.25, 0.3) is 5.91 Å². The number of pyridine rings is 1. The van der Waals surface area contributed by atoms with Crippen molar-refractivity contribution in [3.63, 3.8) is 0 Å². The van der Waals surface area contributed by atoms with Crippen LogP contribution in [0.4, 0.5) is 14.5 Å². The van der Waals surface area contributed by atoms with Gasteiger partial charge in [-0.25, -0.2) is 18.6 Å². The summed E-state index contributed by atoms with van der Waals surface area (Å²) in [4.78, 5) is 26.9. The highest BCUT2D eigenvalue weighted by molar-refractivity contribution is 5.96. The van der Waals surface area contributed by atoms with Gasteiger partial charge in [-0.15, -0.1) is 0 Å². The predicted molar refractivity (Wildman–Crippen MR) is 88.1 cm³/mol. The summed E-state index contributed by atoms with van der Waals surface area (Å²) in [5, 5.41) is 11.6. The summed E-state index contributed by atoms with van der Waals surface area (Å²) in [5.41, 5.74) is 3.64. The number of carboxylic acid groups (broad SMARTS) is 1. The van der Waals surface area contributed by atoms with E-state index in [0.717, 1.165) is 12.1 Å². The lowest BCUT2D eigenvalue weighted by atomic mass is 10.0. The minimum atomic E-state index is -1.43. The Morgan fingerprint density at radius 3 is 2.52 bits per heavy atom. The molecule has 1 aromatic carbocycles. The monoisotopic (exact) mass is 349 g/mol. The summed E-state index contributed by atoms with van der Waals surface area (Å²) in [6.45, 7) is 4.07. The number of hydrogen-bond donors (Lipinski definition) is 3. The van der Waals surface area contributed by atoms with Crippen molar-refractivity contribution in [2.24, 2.45) is 5.92 Å². The summed E-state index contributed by atoms with van der Waals surface area (Å²) in [7, 11) is 0. The number of aromatic carboxylic acids is 1. The zero-order chi connectivity index (χ0) is 18.7. The standard InChI is InChI=1S/C17H17F2N3O3/c1-8(2)7-21-16(23)9-3-4-10(18)13(14(9)19)12-6-5-11(20)15(22-12)17(24)25/h3-6,8H,7,20H2,1-2H3,(H,21,23)(H,24,25). The molecule has 0 aliphatic rings. The van der Waals surface area contributed by atoms with E-state index in [0.29, 0.717) is 6.54 Å². The van der Waals surface area contributed by atoms with E-state index in [-0.39, 0.29) is 22.9 Å². The zero-order valence-corrected chi connectivity index (χ0v) is 13.6. The molecule has 0 radical (unpaired) electrons. The number of halogens is 2. The normalized spacial score (nSPS) is 10.8. The maximum absolute atomic E-state index is 14.7. The van der Waals surface area contributed by atoms with Gasteiger partial charge in [-0.1, -0.05) is 13.8 Å². The number of rotatable bonds is 5. The molecule has 1 amide bonds. The van der Waals surface area contributed by atoms with Crippen LogP contribution < -0.4 is 11.1 Å². The van der Waals surface area contributed by atoms with Crippen molar-refractivity contribution in [1.29, 1.82) is 0 Å². The highest BCUT2D eigenvalue weighted by atomic mass is 19.1. The van der Waals surface area contributed by atoms with E-state index in [2.05, 4.69) is 10.3 Å². The lowest BCUT2D eigenvalue weighted by Gasteiger charge is -2.12. The number of benzene rings is 1. The maximum atomic E-state index is 14.7. The first kappa shape index (κ1) is 18.3. The first-order valence-corrected chi connectivity index (χ1v) is 7.48. The van der Waals surface area contributed by atoms with E-state index < -0.39 is 34.8 Å². The molecule has 2 rings (SSSR count). The van der Waals surface area contributed by atoms with Crippen LogP contribution in [0.25, 0.3) is 11.3 Å². The fraction of sp³-hybridized carbons (Fsp3) is 0.235. The summed E-state index contributed by atoms with van der Waals surface area (Å²) < 4.78 is 28.8. The number of nitrogens with zero attached hydrogens (tertiary/aromatic N) is 1. The number of aromatic nitrogens is 1. The van der Waals surface area contributed by atoms with Gasteiger partial charge in [-0.2, -0.15) is 0 Å². The predicted octanol–water partition coefficient (Wildman–Crippen LogP) is 2.69. The molecule has 1 heterocycles. The van der Waals surface area contributed by atoms with Crippen molar-refractivity contribution < 1.29 is 23.5 Å².